The quantitative estimate of drug-likeness (QED) is 0.696. The zero-order chi connectivity index (χ0) is 20.3. The van der Waals surface area contributed by atoms with Crippen LogP contribution in [-0.2, 0) is 15.4 Å². The highest BCUT2D eigenvalue weighted by Gasteiger charge is 2.32. The molecule has 7 nitrogen and oxygen atoms in total. The van der Waals surface area contributed by atoms with Gasteiger partial charge in [0.1, 0.15) is 0 Å². The summed E-state index contributed by atoms with van der Waals surface area (Å²) in [7, 11) is -3.29. The highest BCUT2D eigenvalue weighted by atomic mass is 32.2. The number of carbonyl (C=O) groups is 1. The maximum Gasteiger partial charge on any atom is 0.277 e. The van der Waals surface area contributed by atoms with E-state index >= 15 is 0 Å². The van der Waals surface area contributed by atoms with E-state index in [0.29, 0.717) is 27.0 Å². The molecule has 4 rings (SSSR count). The van der Waals surface area contributed by atoms with Gasteiger partial charge in [0.05, 0.1) is 20.7 Å². The summed E-state index contributed by atoms with van der Waals surface area (Å²) in [5.41, 5.74) is 1.91. The summed E-state index contributed by atoms with van der Waals surface area (Å²) >= 11 is 1.24. The van der Waals surface area contributed by atoms with Gasteiger partial charge in [0.15, 0.2) is 20.7 Å². The van der Waals surface area contributed by atoms with Gasteiger partial charge in [0.25, 0.3) is 5.91 Å². The Balaban J connectivity index is 1.62. The molecular formula is C19H22N4O3S2. The van der Waals surface area contributed by atoms with Gasteiger partial charge in [-0.2, -0.15) is 5.10 Å². The van der Waals surface area contributed by atoms with Crippen LogP contribution < -0.4 is 5.32 Å². The fourth-order valence-corrected chi connectivity index (χ4v) is 4.69. The summed E-state index contributed by atoms with van der Waals surface area (Å²) in [6.45, 7) is 6.21. The predicted molar refractivity (Wildman–Crippen MR) is 110 cm³/mol. The van der Waals surface area contributed by atoms with E-state index in [1.165, 1.54) is 23.7 Å². The standard InChI is InChI=1S/C19H22N4O3S2/c1-19(2,3)23-15(11-5-6-11)10-14(22-23)17(24)21-18-20-13-8-7-12(28(4,25)26)9-16(13)27-18/h7-11H,5-6H2,1-4H3,(H,20,21,24). The highest BCUT2D eigenvalue weighted by molar-refractivity contribution is 7.90. The van der Waals surface area contributed by atoms with Gasteiger partial charge < -0.3 is 0 Å². The van der Waals surface area contributed by atoms with Crippen molar-refractivity contribution < 1.29 is 13.2 Å². The zero-order valence-corrected chi connectivity index (χ0v) is 17.8. The van der Waals surface area contributed by atoms with Gasteiger partial charge in [0, 0.05) is 17.9 Å². The van der Waals surface area contributed by atoms with Crippen LogP contribution in [0.5, 0.6) is 0 Å². The van der Waals surface area contributed by atoms with Crippen molar-refractivity contribution in [2.45, 2.75) is 50.0 Å². The third-order valence-corrected chi connectivity index (χ3v) is 6.65. The Morgan fingerprint density at radius 1 is 1.25 bits per heavy atom. The van der Waals surface area contributed by atoms with Crippen LogP contribution in [0.2, 0.25) is 0 Å². The number of sulfone groups is 1. The number of rotatable bonds is 4. The number of carbonyl (C=O) groups excluding carboxylic acids is 1. The van der Waals surface area contributed by atoms with Gasteiger partial charge in [-0.05, 0) is 57.9 Å². The minimum absolute atomic E-state index is 0.200. The molecule has 1 aliphatic carbocycles. The molecular weight excluding hydrogens is 396 g/mol. The average molecular weight is 419 g/mol. The number of thiazole rings is 1. The second-order valence-electron chi connectivity index (χ2n) is 8.19. The second kappa shape index (κ2) is 6.38. The van der Waals surface area contributed by atoms with Crippen LogP contribution in [0.15, 0.2) is 29.2 Å². The van der Waals surface area contributed by atoms with Crippen LogP contribution in [0, 0.1) is 0 Å². The van der Waals surface area contributed by atoms with E-state index in [9.17, 15) is 13.2 Å². The van der Waals surface area contributed by atoms with Crippen molar-refractivity contribution >= 4 is 42.4 Å². The van der Waals surface area contributed by atoms with Crippen LogP contribution in [-0.4, -0.2) is 35.3 Å². The Morgan fingerprint density at radius 2 is 1.96 bits per heavy atom. The number of hydrogen-bond donors (Lipinski definition) is 1. The van der Waals surface area contributed by atoms with Gasteiger partial charge in [-0.15, -0.1) is 0 Å². The first kappa shape index (κ1) is 19.1. The molecule has 0 radical (unpaired) electrons. The van der Waals surface area contributed by atoms with E-state index in [1.807, 2.05) is 10.7 Å². The van der Waals surface area contributed by atoms with Crippen LogP contribution in [0.1, 0.15) is 55.7 Å². The largest absolute Gasteiger partial charge is 0.296 e. The van der Waals surface area contributed by atoms with Crippen LogP contribution in [0.25, 0.3) is 10.2 Å². The molecule has 2 heterocycles. The lowest BCUT2D eigenvalue weighted by atomic mass is 10.1. The Kier molecular flexibility index (Phi) is 4.35. The molecule has 0 aliphatic heterocycles. The fraction of sp³-hybridized carbons (Fsp3) is 0.421. The topological polar surface area (TPSA) is 93.9 Å². The number of fused-ring (bicyclic) bond motifs is 1. The maximum atomic E-state index is 12.7. The van der Waals surface area contributed by atoms with Crippen molar-refractivity contribution in [2.24, 2.45) is 0 Å². The lowest BCUT2D eigenvalue weighted by Gasteiger charge is -2.22. The van der Waals surface area contributed by atoms with Crippen LogP contribution in [0.3, 0.4) is 0 Å². The number of nitrogens with zero attached hydrogens (tertiary/aromatic N) is 3. The summed E-state index contributed by atoms with van der Waals surface area (Å²) < 4.78 is 26.1. The van der Waals surface area contributed by atoms with Crippen molar-refractivity contribution in [1.82, 2.24) is 14.8 Å². The minimum atomic E-state index is -3.29. The molecule has 1 fully saturated rings. The molecule has 1 saturated carbocycles. The lowest BCUT2D eigenvalue weighted by Crippen LogP contribution is -2.25. The van der Waals surface area contributed by atoms with Crippen molar-refractivity contribution in [3.8, 4) is 0 Å². The van der Waals surface area contributed by atoms with Crippen LogP contribution >= 0.6 is 11.3 Å². The smallest absolute Gasteiger partial charge is 0.277 e. The summed E-state index contributed by atoms with van der Waals surface area (Å²) in [6, 6.07) is 6.62. The summed E-state index contributed by atoms with van der Waals surface area (Å²) in [4.78, 5) is 17.4. The molecule has 0 saturated heterocycles. The van der Waals surface area contributed by atoms with E-state index in [1.54, 1.807) is 12.1 Å². The first-order valence-electron chi connectivity index (χ1n) is 9.05. The van der Waals surface area contributed by atoms with Gasteiger partial charge in [-0.3, -0.25) is 14.8 Å². The number of benzene rings is 1. The van der Waals surface area contributed by atoms with E-state index in [2.05, 4.69) is 36.2 Å². The number of anilines is 1. The summed E-state index contributed by atoms with van der Waals surface area (Å²) in [5, 5.41) is 7.76. The first-order valence-corrected chi connectivity index (χ1v) is 11.8. The molecule has 2 aromatic heterocycles. The Labute approximate surface area is 167 Å². The molecule has 0 bridgehead atoms. The normalized spacial score (nSPS) is 15.1. The minimum Gasteiger partial charge on any atom is -0.296 e. The number of aromatic nitrogens is 3. The van der Waals surface area contributed by atoms with Gasteiger partial charge in [-0.25, -0.2) is 13.4 Å². The van der Waals surface area contributed by atoms with Gasteiger partial charge in [-0.1, -0.05) is 11.3 Å². The molecule has 3 aromatic rings. The Morgan fingerprint density at radius 3 is 2.57 bits per heavy atom. The van der Waals surface area contributed by atoms with E-state index in [0.717, 1.165) is 18.5 Å². The van der Waals surface area contributed by atoms with Gasteiger partial charge >= 0.3 is 0 Å². The lowest BCUT2D eigenvalue weighted by molar-refractivity contribution is 0.102. The molecule has 9 heteroatoms. The number of hydrogen-bond acceptors (Lipinski definition) is 6. The second-order valence-corrected chi connectivity index (χ2v) is 11.2. The number of amides is 1. The third kappa shape index (κ3) is 3.68. The number of nitrogens with one attached hydrogen (secondary N) is 1. The molecule has 0 unspecified atom stereocenters. The van der Waals surface area contributed by atoms with E-state index < -0.39 is 9.84 Å². The maximum absolute atomic E-state index is 12.7. The van der Waals surface area contributed by atoms with E-state index in [-0.39, 0.29) is 16.3 Å². The molecule has 0 spiro atoms. The molecule has 1 aromatic carbocycles. The fourth-order valence-electron chi connectivity index (χ4n) is 3.06. The molecule has 148 valence electrons. The first-order chi connectivity index (χ1) is 13.0. The SMILES string of the molecule is CC(C)(C)n1nc(C(=O)Nc2nc3ccc(S(C)(=O)=O)cc3s2)cc1C1CC1. The monoisotopic (exact) mass is 418 g/mol. The molecule has 1 aliphatic rings. The highest BCUT2D eigenvalue weighted by Crippen LogP contribution is 2.41. The Hall–Kier alpha value is -2.26. The van der Waals surface area contributed by atoms with Crippen molar-refractivity contribution in [1.29, 1.82) is 0 Å². The summed E-state index contributed by atoms with van der Waals surface area (Å²) in [5.74, 6) is 0.164. The van der Waals surface area contributed by atoms with E-state index in [4.69, 9.17) is 0 Å². The van der Waals surface area contributed by atoms with Gasteiger partial charge in [0.2, 0.25) is 0 Å². The summed E-state index contributed by atoms with van der Waals surface area (Å²) in [6.07, 6.45) is 3.42. The average Bonchev–Trinajstić information content (AvgIpc) is 3.17. The van der Waals surface area contributed by atoms with Crippen LogP contribution in [0.4, 0.5) is 5.13 Å². The van der Waals surface area contributed by atoms with Crippen molar-refractivity contribution in [3.05, 3.63) is 35.7 Å². The van der Waals surface area contributed by atoms with Crippen molar-refractivity contribution in [3.63, 3.8) is 0 Å². The molecule has 1 N–H and O–H groups in total. The predicted octanol–water partition coefficient (Wildman–Crippen LogP) is 3.78. The molecule has 28 heavy (non-hydrogen) atoms. The van der Waals surface area contributed by atoms with Crippen molar-refractivity contribution in [2.75, 3.05) is 11.6 Å². The zero-order valence-electron chi connectivity index (χ0n) is 16.2. The Bertz CT molecular complexity index is 1180. The third-order valence-electron chi connectivity index (χ3n) is 4.61. The molecule has 1 amide bonds. The molecule has 0 atom stereocenters.